The van der Waals surface area contributed by atoms with Crippen molar-refractivity contribution >= 4 is 5.69 Å². The molecule has 0 radical (unpaired) electrons. The first-order valence-corrected chi connectivity index (χ1v) is 8.13. The van der Waals surface area contributed by atoms with Gasteiger partial charge in [-0.2, -0.15) is 0 Å². The normalized spacial score (nSPS) is 24.7. The van der Waals surface area contributed by atoms with Gasteiger partial charge in [0.25, 0.3) is 0 Å². The Kier molecular flexibility index (Phi) is 4.64. The Labute approximate surface area is 137 Å². The minimum Gasteiger partial charge on any atom is -0.396 e. The summed E-state index contributed by atoms with van der Waals surface area (Å²) in [7, 11) is 0. The zero-order chi connectivity index (χ0) is 16.3. The summed E-state index contributed by atoms with van der Waals surface area (Å²) < 4.78 is 0. The van der Waals surface area contributed by atoms with Crippen molar-refractivity contribution in [2.45, 2.75) is 25.9 Å². The van der Waals surface area contributed by atoms with Gasteiger partial charge in [-0.25, -0.2) is 0 Å². The predicted octanol–water partition coefficient (Wildman–Crippen LogP) is 2.18. The number of nitrogens with zero attached hydrogens (tertiary/aromatic N) is 2. The molecule has 0 spiro atoms. The van der Waals surface area contributed by atoms with Gasteiger partial charge in [0.05, 0.1) is 12.7 Å². The van der Waals surface area contributed by atoms with Crippen LogP contribution in [0.15, 0.2) is 48.7 Å². The highest BCUT2D eigenvalue weighted by Gasteiger charge is 2.42. The predicted molar refractivity (Wildman–Crippen MR) is 91.5 cm³/mol. The van der Waals surface area contributed by atoms with Gasteiger partial charge in [-0.15, -0.1) is 0 Å². The molecule has 4 nitrogen and oxygen atoms in total. The molecule has 1 fully saturated rings. The first-order valence-electron chi connectivity index (χ1n) is 8.13. The largest absolute Gasteiger partial charge is 0.396 e. The molecule has 1 saturated heterocycles. The molecular formula is C19H24N2O2. The van der Waals surface area contributed by atoms with E-state index < -0.39 is 11.5 Å². The number of aliphatic hydroxyl groups is 2. The number of aliphatic hydroxyl groups excluding tert-OH is 2. The summed E-state index contributed by atoms with van der Waals surface area (Å²) in [6.45, 7) is 3.39. The second kappa shape index (κ2) is 6.69. The second-order valence-corrected chi connectivity index (χ2v) is 6.56. The van der Waals surface area contributed by atoms with Crippen molar-refractivity contribution in [2.24, 2.45) is 5.41 Å². The fraction of sp³-hybridized carbons (Fsp3) is 0.421. The monoisotopic (exact) mass is 312 g/mol. The van der Waals surface area contributed by atoms with Crippen LogP contribution in [-0.4, -0.2) is 41.0 Å². The summed E-state index contributed by atoms with van der Waals surface area (Å²) in [5.41, 5.74) is 2.70. The molecule has 122 valence electrons. The minimum absolute atomic E-state index is 0.0242. The fourth-order valence-electron chi connectivity index (χ4n) is 3.48. The molecule has 1 aromatic heterocycles. The molecule has 0 aliphatic carbocycles. The lowest BCUT2D eigenvalue weighted by molar-refractivity contribution is -0.0291. The van der Waals surface area contributed by atoms with Gasteiger partial charge in [-0.3, -0.25) is 4.98 Å². The third kappa shape index (κ3) is 3.38. The van der Waals surface area contributed by atoms with Crippen LogP contribution >= 0.6 is 0 Å². The van der Waals surface area contributed by atoms with E-state index in [2.05, 4.69) is 28.1 Å². The number of aromatic nitrogens is 1. The van der Waals surface area contributed by atoms with E-state index in [0.717, 1.165) is 23.5 Å². The van der Waals surface area contributed by atoms with E-state index in [1.54, 1.807) is 0 Å². The Morgan fingerprint density at radius 3 is 2.74 bits per heavy atom. The number of hydrogen-bond acceptors (Lipinski definition) is 4. The first-order chi connectivity index (χ1) is 11.1. The highest BCUT2D eigenvalue weighted by atomic mass is 16.3. The molecule has 1 aliphatic heterocycles. The summed E-state index contributed by atoms with van der Waals surface area (Å²) in [6, 6.07) is 14.1. The summed E-state index contributed by atoms with van der Waals surface area (Å²) >= 11 is 0. The van der Waals surface area contributed by atoms with Gasteiger partial charge in [0.2, 0.25) is 0 Å². The Hall–Kier alpha value is -1.91. The van der Waals surface area contributed by atoms with E-state index in [-0.39, 0.29) is 6.61 Å². The third-order valence-electron chi connectivity index (χ3n) is 4.84. The standard InChI is InChI=1S/C19H24N2O2/c1-15-11-17(7-9-20-15)21-10-8-18(23)19(13-21,14-22)12-16-5-3-2-4-6-16/h2-7,9,11,18,22-23H,8,10,12-14H2,1H3/t18-,19+/m0/s1. The smallest absolute Gasteiger partial charge is 0.0655 e. The van der Waals surface area contributed by atoms with Crippen LogP contribution in [0.5, 0.6) is 0 Å². The zero-order valence-electron chi connectivity index (χ0n) is 13.5. The lowest BCUT2D eigenvalue weighted by Gasteiger charge is -2.46. The van der Waals surface area contributed by atoms with E-state index >= 15 is 0 Å². The first kappa shape index (κ1) is 16.0. The highest BCUT2D eigenvalue weighted by molar-refractivity contribution is 5.47. The van der Waals surface area contributed by atoms with Crippen molar-refractivity contribution in [3.8, 4) is 0 Å². The van der Waals surface area contributed by atoms with Gasteiger partial charge >= 0.3 is 0 Å². The average molecular weight is 312 g/mol. The van der Waals surface area contributed by atoms with Crippen LogP contribution < -0.4 is 4.90 Å². The van der Waals surface area contributed by atoms with E-state index in [0.29, 0.717) is 19.4 Å². The third-order valence-corrected chi connectivity index (χ3v) is 4.84. The molecule has 0 saturated carbocycles. The highest BCUT2D eigenvalue weighted by Crippen LogP contribution is 2.35. The van der Waals surface area contributed by atoms with Crippen LogP contribution in [0.3, 0.4) is 0 Å². The van der Waals surface area contributed by atoms with Crippen molar-refractivity contribution in [1.29, 1.82) is 0 Å². The summed E-state index contributed by atoms with van der Waals surface area (Å²) in [5.74, 6) is 0. The number of hydrogen-bond donors (Lipinski definition) is 2. The molecule has 1 aliphatic rings. The zero-order valence-corrected chi connectivity index (χ0v) is 13.5. The molecule has 23 heavy (non-hydrogen) atoms. The van der Waals surface area contributed by atoms with Crippen molar-refractivity contribution in [3.05, 3.63) is 59.9 Å². The van der Waals surface area contributed by atoms with Crippen molar-refractivity contribution in [2.75, 3.05) is 24.6 Å². The van der Waals surface area contributed by atoms with E-state index in [9.17, 15) is 10.2 Å². The molecular weight excluding hydrogens is 288 g/mol. The Morgan fingerprint density at radius 2 is 2.04 bits per heavy atom. The topological polar surface area (TPSA) is 56.6 Å². The SMILES string of the molecule is Cc1cc(N2CC[C@H](O)[C@](CO)(Cc3ccccc3)C2)ccn1. The van der Waals surface area contributed by atoms with Gasteiger partial charge in [0, 0.05) is 36.1 Å². The quantitative estimate of drug-likeness (QED) is 0.908. The minimum atomic E-state index is -0.531. The van der Waals surface area contributed by atoms with Crippen molar-refractivity contribution in [1.82, 2.24) is 4.98 Å². The Balaban J connectivity index is 1.86. The molecule has 0 amide bonds. The molecule has 2 heterocycles. The molecule has 0 bridgehead atoms. The lowest BCUT2D eigenvalue weighted by Crippen LogP contribution is -2.55. The Morgan fingerprint density at radius 1 is 1.26 bits per heavy atom. The maximum atomic E-state index is 10.6. The molecule has 0 unspecified atom stereocenters. The van der Waals surface area contributed by atoms with Crippen molar-refractivity contribution < 1.29 is 10.2 Å². The maximum Gasteiger partial charge on any atom is 0.0655 e. The Bertz CT molecular complexity index is 647. The number of piperidine rings is 1. The molecule has 4 heteroatoms. The van der Waals surface area contributed by atoms with Gasteiger partial charge in [0.1, 0.15) is 0 Å². The number of aryl methyl sites for hydroxylation is 1. The summed E-state index contributed by atoms with van der Waals surface area (Å²) in [6.07, 6.45) is 2.65. The van der Waals surface area contributed by atoms with Crippen LogP contribution in [0.1, 0.15) is 17.7 Å². The van der Waals surface area contributed by atoms with E-state index in [1.807, 2.05) is 37.4 Å². The molecule has 1 aromatic carbocycles. The summed E-state index contributed by atoms with van der Waals surface area (Å²) in [5, 5.41) is 20.7. The molecule has 3 rings (SSSR count). The van der Waals surface area contributed by atoms with Crippen molar-refractivity contribution in [3.63, 3.8) is 0 Å². The lowest BCUT2D eigenvalue weighted by atomic mass is 9.73. The van der Waals surface area contributed by atoms with Gasteiger partial charge in [-0.1, -0.05) is 30.3 Å². The van der Waals surface area contributed by atoms with Gasteiger partial charge in [0.15, 0.2) is 0 Å². The second-order valence-electron chi connectivity index (χ2n) is 6.56. The maximum absolute atomic E-state index is 10.6. The van der Waals surface area contributed by atoms with Crippen LogP contribution in [0.25, 0.3) is 0 Å². The molecule has 2 aromatic rings. The number of benzene rings is 1. The average Bonchev–Trinajstić information content (AvgIpc) is 2.58. The fourth-order valence-corrected chi connectivity index (χ4v) is 3.48. The van der Waals surface area contributed by atoms with Crippen LogP contribution in [0.2, 0.25) is 0 Å². The number of rotatable bonds is 4. The van der Waals surface area contributed by atoms with Gasteiger partial charge < -0.3 is 15.1 Å². The van der Waals surface area contributed by atoms with Crippen LogP contribution in [-0.2, 0) is 6.42 Å². The number of anilines is 1. The van der Waals surface area contributed by atoms with E-state index in [1.165, 1.54) is 0 Å². The summed E-state index contributed by atoms with van der Waals surface area (Å²) in [4.78, 5) is 6.50. The van der Waals surface area contributed by atoms with Gasteiger partial charge in [-0.05, 0) is 37.5 Å². The van der Waals surface area contributed by atoms with E-state index in [4.69, 9.17) is 0 Å². The van der Waals surface area contributed by atoms with Crippen LogP contribution in [0, 0.1) is 12.3 Å². The number of pyridine rings is 1. The molecule has 2 atom stereocenters. The molecule has 2 N–H and O–H groups in total. The van der Waals surface area contributed by atoms with Crippen LogP contribution in [0.4, 0.5) is 5.69 Å².